The van der Waals surface area contributed by atoms with Crippen LogP contribution in [0.25, 0.3) is 0 Å². The van der Waals surface area contributed by atoms with Crippen molar-refractivity contribution in [1.29, 1.82) is 0 Å². The predicted molar refractivity (Wildman–Crippen MR) is 85.0 cm³/mol. The van der Waals surface area contributed by atoms with Gasteiger partial charge in [-0.1, -0.05) is 36.4 Å². The molecule has 1 heterocycles. The molecule has 0 bridgehead atoms. The number of rotatable bonds is 4. The molecule has 23 heavy (non-hydrogen) atoms. The van der Waals surface area contributed by atoms with E-state index in [0.717, 1.165) is 5.56 Å². The van der Waals surface area contributed by atoms with Gasteiger partial charge < -0.3 is 14.8 Å². The Balaban J connectivity index is 1.69. The largest absolute Gasteiger partial charge is 0.497 e. The van der Waals surface area contributed by atoms with E-state index in [-0.39, 0.29) is 12.0 Å². The topological polar surface area (TPSA) is 64.6 Å². The zero-order chi connectivity index (χ0) is 16.2. The van der Waals surface area contributed by atoms with Crippen LogP contribution >= 0.6 is 0 Å². The third-order valence-electron chi connectivity index (χ3n) is 3.82. The molecule has 1 amide bonds. The first-order valence-electron chi connectivity index (χ1n) is 7.38. The lowest BCUT2D eigenvalue weighted by molar-refractivity contribution is -0.146. The monoisotopic (exact) mass is 311 g/mol. The van der Waals surface area contributed by atoms with Gasteiger partial charge in [-0.3, -0.25) is 9.59 Å². The number of amides is 1. The Labute approximate surface area is 134 Å². The predicted octanol–water partition coefficient (Wildman–Crippen LogP) is 2.94. The second-order valence-electron chi connectivity index (χ2n) is 5.35. The van der Waals surface area contributed by atoms with Gasteiger partial charge >= 0.3 is 5.97 Å². The van der Waals surface area contributed by atoms with E-state index in [4.69, 9.17) is 9.47 Å². The highest BCUT2D eigenvalue weighted by molar-refractivity contribution is 6.05. The molecule has 0 unspecified atom stereocenters. The van der Waals surface area contributed by atoms with Crippen molar-refractivity contribution in [3.63, 3.8) is 0 Å². The summed E-state index contributed by atoms with van der Waals surface area (Å²) in [5.41, 5.74) is 1.49. The summed E-state index contributed by atoms with van der Waals surface area (Å²) in [4.78, 5) is 24.4. The number of anilines is 1. The Kier molecular flexibility index (Phi) is 4.28. The summed E-state index contributed by atoms with van der Waals surface area (Å²) in [5, 5.41) is 2.74. The first kappa shape index (κ1) is 15.1. The SMILES string of the molecule is COc1cccc(NC(=O)[C@H]2C[C@H](c3ccccc3)OC2=O)c1. The van der Waals surface area contributed by atoms with E-state index in [1.807, 2.05) is 30.3 Å². The molecule has 5 nitrogen and oxygen atoms in total. The van der Waals surface area contributed by atoms with Crippen molar-refractivity contribution < 1.29 is 19.1 Å². The molecule has 1 saturated heterocycles. The molecule has 0 radical (unpaired) electrons. The number of nitrogens with one attached hydrogen (secondary N) is 1. The van der Waals surface area contributed by atoms with E-state index in [1.54, 1.807) is 31.4 Å². The molecule has 0 spiro atoms. The number of carbonyl (C=O) groups is 2. The summed E-state index contributed by atoms with van der Waals surface area (Å²) >= 11 is 0. The first-order chi connectivity index (χ1) is 11.2. The van der Waals surface area contributed by atoms with Crippen molar-refractivity contribution in [3.8, 4) is 5.75 Å². The van der Waals surface area contributed by atoms with Crippen LogP contribution in [0.2, 0.25) is 0 Å². The highest BCUT2D eigenvalue weighted by atomic mass is 16.6. The molecule has 1 N–H and O–H groups in total. The maximum atomic E-state index is 12.3. The number of methoxy groups -OCH3 is 1. The molecule has 0 aromatic heterocycles. The van der Waals surface area contributed by atoms with Gasteiger partial charge in [0.25, 0.3) is 0 Å². The van der Waals surface area contributed by atoms with Crippen LogP contribution in [-0.2, 0) is 14.3 Å². The molecular weight excluding hydrogens is 294 g/mol. The lowest BCUT2D eigenvalue weighted by atomic mass is 9.99. The molecule has 5 heteroatoms. The standard InChI is InChI=1S/C18H17NO4/c1-22-14-9-5-8-13(10-14)19-17(20)15-11-16(23-18(15)21)12-6-3-2-4-7-12/h2-10,15-16H,11H2,1H3,(H,19,20)/t15-,16-/m1/s1. The van der Waals surface area contributed by atoms with E-state index >= 15 is 0 Å². The number of hydrogen-bond acceptors (Lipinski definition) is 4. The molecule has 0 saturated carbocycles. The lowest BCUT2D eigenvalue weighted by Crippen LogP contribution is -2.26. The third kappa shape index (κ3) is 3.34. The van der Waals surface area contributed by atoms with Crippen molar-refractivity contribution in [2.24, 2.45) is 5.92 Å². The van der Waals surface area contributed by atoms with Crippen LogP contribution in [-0.4, -0.2) is 19.0 Å². The maximum Gasteiger partial charge on any atom is 0.319 e. The van der Waals surface area contributed by atoms with Crippen LogP contribution < -0.4 is 10.1 Å². The maximum absolute atomic E-state index is 12.3. The molecule has 1 fully saturated rings. The van der Waals surface area contributed by atoms with Gasteiger partial charge in [-0.05, 0) is 17.7 Å². The van der Waals surface area contributed by atoms with Crippen LogP contribution in [0, 0.1) is 5.92 Å². The highest BCUT2D eigenvalue weighted by Crippen LogP contribution is 2.34. The van der Waals surface area contributed by atoms with Crippen LogP contribution in [0.5, 0.6) is 5.75 Å². The highest BCUT2D eigenvalue weighted by Gasteiger charge is 2.40. The fourth-order valence-corrected chi connectivity index (χ4v) is 2.60. The van der Waals surface area contributed by atoms with E-state index in [9.17, 15) is 9.59 Å². The first-order valence-corrected chi connectivity index (χ1v) is 7.38. The van der Waals surface area contributed by atoms with E-state index in [1.165, 1.54) is 0 Å². The van der Waals surface area contributed by atoms with Crippen molar-refractivity contribution in [1.82, 2.24) is 0 Å². The van der Waals surface area contributed by atoms with E-state index in [0.29, 0.717) is 17.9 Å². The van der Waals surface area contributed by atoms with Crippen molar-refractivity contribution in [2.45, 2.75) is 12.5 Å². The number of ether oxygens (including phenoxy) is 2. The minimum Gasteiger partial charge on any atom is -0.497 e. The molecule has 1 aliphatic rings. The van der Waals surface area contributed by atoms with Crippen LogP contribution in [0.4, 0.5) is 5.69 Å². The number of benzene rings is 2. The molecule has 0 aliphatic carbocycles. The molecule has 118 valence electrons. The zero-order valence-corrected chi connectivity index (χ0v) is 12.7. The Morgan fingerprint density at radius 3 is 2.70 bits per heavy atom. The number of carbonyl (C=O) groups excluding carboxylic acids is 2. The average molecular weight is 311 g/mol. The number of cyclic esters (lactones) is 1. The third-order valence-corrected chi connectivity index (χ3v) is 3.82. The molecule has 3 rings (SSSR count). The van der Waals surface area contributed by atoms with Gasteiger partial charge in [0.05, 0.1) is 7.11 Å². The second kappa shape index (κ2) is 6.52. The summed E-state index contributed by atoms with van der Waals surface area (Å²) in [6, 6.07) is 16.4. The Bertz CT molecular complexity index is 714. The normalized spacial score (nSPS) is 20.0. The molecule has 2 aromatic rings. The van der Waals surface area contributed by atoms with E-state index < -0.39 is 11.9 Å². The van der Waals surface area contributed by atoms with Crippen molar-refractivity contribution >= 4 is 17.6 Å². The van der Waals surface area contributed by atoms with Gasteiger partial charge in [-0.25, -0.2) is 0 Å². The van der Waals surface area contributed by atoms with Gasteiger partial charge in [-0.15, -0.1) is 0 Å². The Morgan fingerprint density at radius 1 is 1.17 bits per heavy atom. The average Bonchev–Trinajstić information content (AvgIpc) is 2.98. The van der Waals surface area contributed by atoms with Gasteiger partial charge in [0, 0.05) is 18.2 Å². The quantitative estimate of drug-likeness (QED) is 0.696. The summed E-state index contributed by atoms with van der Waals surface area (Å²) in [6.45, 7) is 0. The fourth-order valence-electron chi connectivity index (χ4n) is 2.60. The Morgan fingerprint density at radius 2 is 1.96 bits per heavy atom. The smallest absolute Gasteiger partial charge is 0.319 e. The van der Waals surface area contributed by atoms with Gasteiger partial charge in [0.15, 0.2) is 0 Å². The zero-order valence-electron chi connectivity index (χ0n) is 12.7. The molecule has 2 aromatic carbocycles. The van der Waals surface area contributed by atoms with Gasteiger partial charge in [-0.2, -0.15) is 0 Å². The second-order valence-corrected chi connectivity index (χ2v) is 5.35. The lowest BCUT2D eigenvalue weighted by Gasteiger charge is -2.09. The van der Waals surface area contributed by atoms with Crippen molar-refractivity contribution in [3.05, 3.63) is 60.2 Å². The summed E-state index contributed by atoms with van der Waals surface area (Å²) in [6.07, 6.45) is -0.0247. The number of hydrogen-bond donors (Lipinski definition) is 1. The minimum atomic E-state index is -0.800. The van der Waals surface area contributed by atoms with Crippen LogP contribution in [0.1, 0.15) is 18.1 Å². The molecule has 1 aliphatic heterocycles. The molecular formula is C18H17NO4. The van der Waals surface area contributed by atoms with Crippen LogP contribution in [0.15, 0.2) is 54.6 Å². The van der Waals surface area contributed by atoms with Crippen LogP contribution in [0.3, 0.4) is 0 Å². The number of esters is 1. The fraction of sp³-hybridized carbons (Fsp3) is 0.222. The van der Waals surface area contributed by atoms with Crippen molar-refractivity contribution in [2.75, 3.05) is 12.4 Å². The van der Waals surface area contributed by atoms with Gasteiger partial charge in [0.1, 0.15) is 17.8 Å². The molecule has 2 atom stereocenters. The minimum absolute atomic E-state index is 0.346. The summed E-state index contributed by atoms with van der Waals surface area (Å²) in [7, 11) is 1.56. The van der Waals surface area contributed by atoms with Gasteiger partial charge in [0.2, 0.25) is 5.91 Å². The summed E-state index contributed by atoms with van der Waals surface area (Å²) < 4.78 is 10.5. The summed E-state index contributed by atoms with van der Waals surface area (Å²) in [5.74, 6) is -1.01. The van der Waals surface area contributed by atoms with E-state index in [2.05, 4.69) is 5.32 Å². The Hall–Kier alpha value is -2.82.